The smallest absolute Gasteiger partial charge is 0.416 e. The molecule has 0 bridgehead atoms. The van der Waals surface area contributed by atoms with Gasteiger partial charge >= 0.3 is 18.2 Å². The topological polar surface area (TPSA) is 115 Å². The molecule has 172 valence electrons. The Bertz CT molecular complexity index is 1300. The standard InChI is InChI=1S/C23H17F3N6O2/c24-23(25,26)15-3-1-4-16(11-15)31-21(33)32-17-12-29-22(30-13-17)34-18-8-6-14(7-9-18)19-5-2-10-28-20(19)27/h1-13H,(H2,27,28)(H2,31,32,33). The number of amides is 2. The highest BCUT2D eigenvalue weighted by Gasteiger charge is 2.30. The molecule has 0 aliphatic heterocycles. The van der Waals surface area contributed by atoms with E-state index in [2.05, 4.69) is 25.6 Å². The Labute approximate surface area is 191 Å². The number of hydrogen-bond acceptors (Lipinski definition) is 6. The quantitative estimate of drug-likeness (QED) is 0.354. The molecule has 4 aromatic rings. The zero-order valence-corrected chi connectivity index (χ0v) is 17.4. The van der Waals surface area contributed by atoms with Crippen LogP contribution in [0.2, 0.25) is 0 Å². The summed E-state index contributed by atoms with van der Waals surface area (Å²) in [7, 11) is 0. The van der Waals surface area contributed by atoms with Crippen LogP contribution in [0.3, 0.4) is 0 Å². The number of urea groups is 1. The summed E-state index contributed by atoms with van der Waals surface area (Å²) >= 11 is 0. The van der Waals surface area contributed by atoms with Crippen molar-refractivity contribution in [2.45, 2.75) is 6.18 Å². The summed E-state index contributed by atoms with van der Waals surface area (Å²) in [6.45, 7) is 0. The molecular formula is C23H17F3N6O2. The summed E-state index contributed by atoms with van der Waals surface area (Å²) in [5, 5.41) is 4.77. The monoisotopic (exact) mass is 466 g/mol. The van der Waals surface area contributed by atoms with Crippen LogP contribution in [0.5, 0.6) is 11.8 Å². The third-order valence-corrected chi connectivity index (χ3v) is 4.55. The zero-order chi connectivity index (χ0) is 24.1. The van der Waals surface area contributed by atoms with Crippen LogP contribution >= 0.6 is 0 Å². The van der Waals surface area contributed by atoms with Gasteiger partial charge in [-0.25, -0.2) is 19.7 Å². The number of nitrogen functional groups attached to an aromatic ring is 1. The highest BCUT2D eigenvalue weighted by Crippen LogP contribution is 2.31. The first-order valence-electron chi connectivity index (χ1n) is 9.84. The Morgan fingerprint density at radius 1 is 0.882 bits per heavy atom. The second-order valence-corrected chi connectivity index (χ2v) is 6.97. The van der Waals surface area contributed by atoms with Gasteiger partial charge in [0.25, 0.3) is 0 Å². The molecule has 0 aliphatic rings. The van der Waals surface area contributed by atoms with Crippen molar-refractivity contribution in [1.29, 1.82) is 0 Å². The molecule has 0 unspecified atom stereocenters. The number of carbonyl (C=O) groups is 1. The second kappa shape index (κ2) is 9.45. The maximum absolute atomic E-state index is 12.8. The van der Waals surface area contributed by atoms with Gasteiger partial charge in [-0.05, 0) is 48.0 Å². The molecular weight excluding hydrogens is 449 g/mol. The molecule has 2 amide bonds. The van der Waals surface area contributed by atoms with E-state index in [0.29, 0.717) is 11.6 Å². The fourth-order valence-electron chi connectivity index (χ4n) is 2.97. The summed E-state index contributed by atoms with van der Waals surface area (Å²) in [4.78, 5) is 24.2. The zero-order valence-electron chi connectivity index (χ0n) is 17.4. The first-order valence-corrected chi connectivity index (χ1v) is 9.84. The van der Waals surface area contributed by atoms with Crippen LogP contribution < -0.4 is 21.1 Å². The minimum Gasteiger partial charge on any atom is -0.424 e. The summed E-state index contributed by atoms with van der Waals surface area (Å²) in [5.74, 6) is 0.897. The Morgan fingerprint density at radius 3 is 2.26 bits per heavy atom. The first-order chi connectivity index (χ1) is 16.3. The molecule has 34 heavy (non-hydrogen) atoms. The van der Waals surface area contributed by atoms with Crippen LogP contribution in [0.4, 0.5) is 35.2 Å². The number of ether oxygens (including phenoxy) is 1. The Morgan fingerprint density at radius 2 is 1.59 bits per heavy atom. The van der Waals surface area contributed by atoms with Gasteiger partial charge in [-0.15, -0.1) is 0 Å². The molecule has 11 heteroatoms. The minimum atomic E-state index is -4.51. The number of nitrogens with two attached hydrogens (primary N) is 1. The first kappa shape index (κ1) is 22.5. The molecule has 4 N–H and O–H groups in total. The number of aromatic nitrogens is 3. The number of hydrogen-bond donors (Lipinski definition) is 3. The summed E-state index contributed by atoms with van der Waals surface area (Å²) < 4.78 is 44.0. The number of nitrogens with one attached hydrogen (secondary N) is 2. The van der Waals surface area contributed by atoms with Gasteiger partial charge in [0, 0.05) is 17.4 Å². The lowest BCUT2D eigenvalue weighted by Crippen LogP contribution is -2.20. The van der Waals surface area contributed by atoms with Crippen molar-refractivity contribution in [1.82, 2.24) is 15.0 Å². The molecule has 0 saturated carbocycles. The Balaban J connectivity index is 1.35. The Hall–Kier alpha value is -4.67. The predicted octanol–water partition coefficient (Wildman–Crippen LogP) is 5.58. The lowest BCUT2D eigenvalue weighted by Gasteiger charge is -2.11. The van der Waals surface area contributed by atoms with Crippen LogP contribution in [0.25, 0.3) is 11.1 Å². The number of pyridine rings is 1. The number of halogens is 3. The molecule has 0 atom stereocenters. The molecule has 2 heterocycles. The third kappa shape index (κ3) is 5.57. The molecule has 0 fully saturated rings. The summed E-state index contributed by atoms with van der Waals surface area (Å²) in [5.41, 5.74) is 6.89. The lowest BCUT2D eigenvalue weighted by atomic mass is 10.1. The lowest BCUT2D eigenvalue weighted by molar-refractivity contribution is -0.137. The van der Waals surface area contributed by atoms with E-state index in [1.165, 1.54) is 24.5 Å². The van der Waals surface area contributed by atoms with E-state index < -0.39 is 17.8 Å². The van der Waals surface area contributed by atoms with Crippen LogP contribution in [0.1, 0.15) is 5.56 Å². The van der Waals surface area contributed by atoms with Gasteiger partial charge in [-0.2, -0.15) is 13.2 Å². The molecule has 0 radical (unpaired) electrons. The van der Waals surface area contributed by atoms with E-state index in [4.69, 9.17) is 10.5 Å². The Kier molecular flexibility index (Phi) is 6.26. The van der Waals surface area contributed by atoms with Crippen LogP contribution in [-0.4, -0.2) is 21.0 Å². The van der Waals surface area contributed by atoms with E-state index in [1.807, 2.05) is 18.2 Å². The van der Waals surface area contributed by atoms with Crippen LogP contribution in [0, 0.1) is 0 Å². The predicted molar refractivity (Wildman–Crippen MR) is 120 cm³/mol. The molecule has 4 rings (SSSR count). The maximum Gasteiger partial charge on any atom is 0.416 e. The van der Waals surface area contributed by atoms with Gasteiger partial charge in [0.1, 0.15) is 11.6 Å². The number of rotatable bonds is 5. The van der Waals surface area contributed by atoms with Gasteiger partial charge in [-0.1, -0.05) is 18.2 Å². The molecule has 0 saturated heterocycles. The van der Waals surface area contributed by atoms with Gasteiger partial charge in [0.05, 0.1) is 23.6 Å². The normalized spacial score (nSPS) is 11.0. The number of benzene rings is 2. The molecule has 0 spiro atoms. The number of anilines is 3. The van der Waals surface area contributed by atoms with Crippen LogP contribution in [-0.2, 0) is 6.18 Å². The van der Waals surface area contributed by atoms with Crippen molar-refractivity contribution in [2.24, 2.45) is 0 Å². The van der Waals surface area contributed by atoms with Gasteiger partial charge < -0.3 is 21.1 Å². The van der Waals surface area contributed by atoms with Gasteiger partial charge in [-0.3, -0.25) is 0 Å². The largest absolute Gasteiger partial charge is 0.424 e. The number of nitrogens with zero attached hydrogens (tertiary/aromatic N) is 3. The van der Waals surface area contributed by atoms with E-state index in [-0.39, 0.29) is 17.4 Å². The van der Waals surface area contributed by atoms with E-state index in [1.54, 1.807) is 24.4 Å². The SMILES string of the molecule is Nc1ncccc1-c1ccc(Oc2ncc(NC(=O)Nc3cccc(C(F)(F)F)c3)cn2)cc1. The summed E-state index contributed by atoms with van der Waals surface area (Å²) in [6, 6.07) is 14.3. The summed E-state index contributed by atoms with van der Waals surface area (Å²) in [6.07, 6.45) is -0.289. The highest BCUT2D eigenvalue weighted by atomic mass is 19.4. The average molecular weight is 466 g/mol. The van der Waals surface area contributed by atoms with Crippen molar-refractivity contribution >= 4 is 23.2 Å². The minimum absolute atomic E-state index is 0.00955. The van der Waals surface area contributed by atoms with Gasteiger partial charge in [0.2, 0.25) is 0 Å². The van der Waals surface area contributed by atoms with Crippen molar-refractivity contribution in [2.75, 3.05) is 16.4 Å². The van der Waals surface area contributed by atoms with E-state index in [0.717, 1.165) is 23.3 Å². The third-order valence-electron chi connectivity index (χ3n) is 4.55. The van der Waals surface area contributed by atoms with Crippen LogP contribution in [0.15, 0.2) is 79.3 Å². The second-order valence-electron chi connectivity index (χ2n) is 6.97. The molecule has 8 nitrogen and oxygen atoms in total. The fraction of sp³-hybridized carbons (Fsp3) is 0.0435. The van der Waals surface area contributed by atoms with Crippen molar-refractivity contribution < 1.29 is 22.7 Å². The van der Waals surface area contributed by atoms with E-state index >= 15 is 0 Å². The van der Waals surface area contributed by atoms with E-state index in [9.17, 15) is 18.0 Å². The highest BCUT2D eigenvalue weighted by molar-refractivity contribution is 5.99. The molecule has 2 aromatic heterocycles. The van der Waals surface area contributed by atoms with Crippen molar-refractivity contribution in [3.8, 4) is 22.9 Å². The molecule has 0 aliphatic carbocycles. The van der Waals surface area contributed by atoms with Gasteiger partial charge in [0.15, 0.2) is 0 Å². The maximum atomic E-state index is 12.8. The average Bonchev–Trinajstić information content (AvgIpc) is 2.81. The number of carbonyl (C=O) groups excluding carboxylic acids is 1. The van der Waals surface area contributed by atoms with Crippen molar-refractivity contribution in [3.05, 3.63) is 84.8 Å². The fourth-order valence-corrected chi connectivity index (χ4v) is 2.97. The molecule has 2 aromatic carbocycles. The van der Waals surface area contributed by atoms with Crippen molar-refractivity contribution in [3.63, 3.8) is 0 Å². The number of alkyl halides is 3.